The maximum atomic E-state index is 13.0. The van der Waals surface area contributed by atoms with Crippen LogP contribution in [-0.4, -0.2) is 159 Å². The van der Waals surface area contributed by atoms with Crippen LogP contribution in [0.1, 0.15) is 329 Å². The average Bonchev–Trinajstić information content (AvgIpc) is 3.54. The van der Waals surface area contributed by atoms with Gasteiger partial charge in [0.05, 0.1) is 72.7 Å². The largest absolute Gasteiger partial charge is 0.463 e. The fourth-order valence-corrected chi connectivity index (χ4v) is 10.8. The Morgan fingerprint density at radius 2 is 0.443 bits per heavy atom. The molecule has 6 atom stereocenters. The van der Waals surface area contributed by atoms with E-state index < -0.39 is 43.2 Å². The molecule has 0 aromatic rings. The molecule has 16 nitrogen and oxygen atoms in total. The molecule has 0 saturated carbocycles. The second-order valence-corrected chi connectivity index (χ2v) is 25.5. The highest BCUT2D eigenvalue weighted by Gasteiger charge is 2.20. The van der Waals surface area contributed by atoms with E-state index in [2.05, 4.69) is 20.8 Å². The lowest BCUT2D eigenvalue weighted by atomic mass is 10.0. The van der Waals surface area contributed by atoms with Gasteiger partial charge in [-0.2, -0.15) is 0 Å². The fourth-order valence-electron chi connectivity index (χ4n) is 10.8. The van der Waals surface area contributed by atoms with Gasteiger partial charge in [-0.3, -0.25) is 14.4 Å². The van der Waals surface area contributed by atoms with Crippen LogP contribution in [0.25, 0.3) is 0 Å². The number of aliphatic hydroxyl groups excluding tert-OH is 5. The van der Waals surface area contributed by atoms with Gasteiger partial charge in [0.2, 0.25) is 0 Å². The lowest BCUT2D eigenvalue weighted by Gasteiger charge is -2.21. The average molecular weight is 1260 g/mol. The van der Waals surface area contributed by atoms with Crippen LogP contribution in [0, 0.1) is 0 Å². The third-order valence-electron chi connectivity index (χ3n) is 16.3. The second kappa shape index (κ2) is 69.4. The second-order valence-electron chi connectivity index (χ2n) is 25.5. The van der Waals surface area contributed by atoms with Crippen LogP contribution in [0.2, 0.25) is 0 Å². The van der Waals surface area contributed by atoms with Crippen LogP contribution in [-0.2, 0) is 52.3 Å². The van der Waals surface area contributed by atoms with Crippen LogP contribution in [0.15, 0.2) is 0 Å². The van der Waals surface area contributed by atoms with E-state index in [0.29, 0.717) is 12.8 Å². The lowest BCUT2D eigenvalue weighted by molar-refractivity contribution is -0.158. The van der Waals surface area contributed by atoms with Gasteiger partial charge in [-0.25, -0.2) is 0 Å². The highest BCUT2D eigenvalue weighted by atomic mass is 16.6. The first-order chi connectivity index (χ1) is 43.0. The Morgan fingerprint density at radius 3 is 0.693 bits per heavy atom. The van der Waals surface area contributed by atoms with E-state index in [1.54, 1.807) is 0 Å². The van der Waals surface area contributed by atoms with Crippen LogP contribution in [0.5, 0.6) is 0 Å². The number of aliphatic hydroxyl groups is 5. The van der Waals surface area contributed by atoms with Crippen molar-refractivity contribution in [1.29, 1.82) is 0 Å². The summed E-state index contributed by atoms with van der Waals surface area (Å²) in [5.74, 6) is -1.11. The van der Waals surface area contributed by atoms with Crippen LogP contribution in [0.3, 0.4) is 0 Å². The van der Waals surface area contributed by atoms with E-state index in [0.717, 1.165) is 57.8 Å². The molecule has 0 fully saturated rings. The number of rotatable bonds is 73. The minimum absolute atomic E-state index is 0.0833. The molecule has 0 saturated heterocycles. The van der Waals surface area contributed by atoms with Gasteiger partial charge in [0.25, 0.3) is 0 Å². The molecule has 0 aromatic heterocycles. The Morgan fingerprint density at radius 1 is 0.250 bits per heavy atom. The van der Waals surface area contributed by atoms with Crippen molar-refractivity contribution in [2.45, 2.75) is 366 Å². The van der Waals surface area contributed by atoms with Crippen molar-refractivity contribution in [2.75, 3.05) is 79.3 Å². The smallest absolute Gasteiger partial charge is 0.306 e. The Balaban J connectivity index is 4.55. The molecule has 0 aliphatic rings. The molecule has 5 N–H and O–H groups in total. The minimum atomic E-state index is -1.06. The molecule has 524 valence electrons. The van der Waals surface area contributed by atoms with Gasteiger partial charge in [0.1, 0.15) is 43.2 Å². The number of ether oxygens (including phenoxy) is 8. The summed E-state index contributed by atoms with van der Waals surface area (Å²) in [4.78, 5) is 37.6. The van der Waals surface area contributed by atoms with Crippen LogP contribution < -0.4 is 0 Å². The van der Waals surface area contributed by atoms with E-state index in [9.17, 15) is 39.9 Å². The summed E-state index contributed by atoms with van der Waals surface area (Å²) in [5.41, 5.74) is 0. The quantitative estimate of drug-likeness (QED) is 0.0217. The third-order valence-corrected chi connectivity index (χ3v) is 16.3. The van der Waals surface area contributed by atoms with E-state index in [1.807, 2.05) is 0 Å². The van der Waals surface area contributed by atoms with Crippen molar-refractivity contribution in [3.05, 3.63) is 0 Å². The molecule has 88 heavy (non-hydrogen) atoms. The summed E-state index contributed by atoms with van der Waals surface area (Å²) in [5, 5.41) is 51.6. The number of esters is 3. The first kappa shape index (κ1) is 86.0. The Labute approximate surface area is 538 Å². The molecule has 0 aliphatic carbocycles. The van der Waals surface area contributed by atoms with Crippen molar-refractivity contribution in [3.63, 3.8) is 0 Å². The number of carbonyl (C=O) groups excluding carboxylic acids is 3. The van der Waals surface area contributed by atoms with Gasteiger partial charge in [-0.05, 0) is 19.3 Å². The minimum Gasteiger partial charge on any atom is -0.463 e. The summed E-state index contributed by atoms with van der Waals surface area (Å²) in [7, 11) is 0. The SMILES string of the molecule is CCCCCCCCCCCCCCCCCC(=O)OCC(O)COCC(O)COCC(COCC(O)COCC(O)COCC(CO)OC(=O)CCCCCCCCCCCCCCCCC)OC(=O)CCCCCCCCCCCCCCCCC. The van der Waals surface area contributed by atoms with E-state index in [-0.39, 0.29) is 103 Å². The zero-order valence-electron chi connectivity index (χ0n) is 57.1. The van der Waals surface area contributed by atoms with Gasteiger partial charge >= 0.3 is 17.9 Å². The van der Waals surface area contributed by atoms with Crippen molar-refractivity contribution in [3.8, 4) is 0 Å². The van der Waals surface area contributed by atoms with Crippen molar-refractivity contribution < 1.29 is 77.8 Å². The molecule has 0 aromatic carbocycles. The summed E-state index contributed by atoms with van der Waals surface area (Å²) in [6.45, 7) is 4.88. The van der Waals surface area contributed by atoms with E-state index >= 15 is 0 Å². The Hall–Kier alpha value is -1.99. The van der Waals surface area contributed by atoms with Crippen molar-refractivity contribution >= 4 is 17.9 Å². The molecule has 0 aliphatic heterocycles. The topological polar surface area (TPSA) is 226 Å². The van der Waals surface area contributed by atoms with Crippen molar-refractivity contribution in [1.82, 2.24) is 0 Å². The normalized spacial score (nSPS) is 13.8. The zero-order valence-corrected chi connectivity index (χ0v) is 57.1. The Kier molecular flexibility index (Phi) is 67.8. The molecule has 16 heteroatoms. The highest BCUT2D eigenvalue weighted by Crippen LogP contribution is 2.18. The Bertz CT molecular complexity index is 1440. The van der Waals surface area contributed by atoms with E-state index in [4.69, 9.17) is 37.9 Å². The molecule has 6 unspecified atom stereocenters. The summed E-state index contributed by atoms with van der Waals surface area (Å²) >= 11 is 0. The van der Waals surface area contributed by atoms with E-state index in [1.165, 1.54) is 225 Å². The first-order valence-corrected chi connectivity index (χ1v) is 36.8. The standard InChI is InChI=1S/C72H140O16/c1-4-7-10-13-16-19-22-25-28-31-34-37-40-43-46-49-70(78)86-60-67(77)59-82-55-66(76)58-85-63-69(88-72(80)51-48-45-42-39-36-33-30-27-24-21-18-15-12-9-6-3)62-84-57-65(75)54-81-53-64(74)56-83-61-68(52-73)87-71(79)50-47-44-41-38-35-32-29-26-23-20-17-14-11-8-5-2/h64-69,73-77H,4-63H2,1-3H3. The van der Waals surface area contributed by atoms with Gasteiger partial charge in [0.15, 0.2) is 0 Å². The fraction of sp³-hybridized carbons (Fsp3) is 0.958. The maximum Gasteiger partial charge on any atom is 0.306 e. The molecule has 0 rings (SSSR count). The molecule has 0 amide bonds. The highest BCUT2D eigenvalue weighted by molar-refractivity contribution is 5.70. The lowest BCUT2D eigenvalue weighted by Crippen LogP contribution is -2.33. The van der Waals surface area contributed by atoms with Gasteiger partial charge in [-0.15, -0.1) is 0 Å². The summed E-state index contributed by atoms with van der Waals surface area (Å²) in [6.07, 6.45) is 50.7. The number of hydrogen-bond acceptors (Lipinski definition) is 16. The molecule has 0 radical (unpaired) electrons. The molecule has 0 bridgehead atoms. The monoisotopic (exact) mass is 1260 g/mol. The molecule has 0 spiro atoms. The third kappa shape index (κ3) is 65.5. The van der Waals surface area contributed by atoms with Crippen molar-refractivity contribution in [2.24, 2.45) is 0 Å². The molecular formula is C72H140O16. The molecular weight excluding hydrogens is 1120 g/mol. The maximum absolute atomic E-state index is 13.0. The predicted molar refractivity (Wildman–Crippen MR) is 355 cm³/mol. The summed E-state index contributed by atoms with van der Waals surface area (Å²) < 4.78 is 44.3. The first-order valence-electron chi connectivity index (χ1n) is 36.8. The zero-order chi connectivity index (χ0) is 64.3. The van der Waals surface area contributed by atoms with Gasteiger partial charge < -0.3 is 63.4 Å². The van der Waals surface area contributed by atoms with Crippen LogP contribution >= 0.6 is 0 Å². The predicted octanol–water partition coefficient (Wildman–Crippen LogP) is 15.7. The number of carbonyl (C=O) groups is 3. The van der Waals surface area contributed by atoms with Crippen LogP contribution in [0.4, 0.5) is 0 Å². The molecule has 0 heterocycles. The van der Waals surface area contributed by atoms with Gasteiger partial charge in [-0.1, -0.05) is 290 Å². The number of hydrogen-bond donors (Lipinski definition) is 5. The van der Waals surface area contributed by atoms with Gasteiger partial charge in [0, 0.05) is 19.3 Å². The summed E-state index contributed by atoms with van der Waals surface area (Å²) in [6, 6.07) is 0. The number of unbranched alkanes of at least 4 members (excludes halogenated alkanes) is 42.